The Morgan fingerprint density at radius 3 is 1.18 bits per heavy atom. The molecule has 0 saturated carbocycles. The summed E-state index contributed by atoms with van der Waals surface area (Å²) < 4.78 is 52.2. The standard InChI is InChI=1S/C30H33F2N7P/c1-4-33-22-13-7-10-16-25(22)36-28(33)19-39-20-29-34(5-2)23-14-8-11-17-26(23)37(29)40(36,39,31,32)38-27-18-12-9-15-24(27)35(6-3)30(38)21-39/h7-18H,4-6,19-21H2,1-3H3/q+3. The Kier molecular flexibility index (Phi) is 3.72. The molecule has 0 radical (unpaired) electrons. The quantitative estimate of drug-likeness (QED) is 0.263. The fourth-order valence-electron chi connectivity index (χ4n) is 8.95. The van der Waals surface area contributed by atoms with Gasteiger partial charge in [-0.25, -0.2) is 0 Å². The first kappa shape index (κ1) is 23.1. The molecule has 6 aromatic rings. The van der Waals surface area contributed by atoms with Gasteiger partial charge in [0.1, 0.15) is 0 Å². The van der Waals surface area contributed by atoms with Gasteiger partial charge in [0, 0.05) is 0 Å². The van der Waals surface area contributed by atoms with Crippen molar-refractivity contribution in [2.24, 2.45) is 0 Å². The number of quaternary nitrogens is 1. The third kappa shape index (κ3) is 1.85. The molecule has 3 aromatic heterocycles. The van der Waals surface area contributed by atoms with Gasteiger partial charge in [0.25, 0.3) is 0 Å². The summed E-state index contributed by atoms with van der Waals surface area (Å²) in [6, 6.07) is 23.3. The minimum atomic E-state index is -7.08. The predicted molar refractivity (Wildman–Crippen MR) is 150 cm³/mol. The molecule has 0 aliphatic carbocycles. The van der Waals surface area contributed by atoms with Crippen LogP contribution in [0.3, 0.4) is 0 Å². The molecule has 9 rings (SSSR count). The Morgan fingerprint density at radius 1 is 0.575 bits per heavy atom. The van der Waals surface area contributed by atoms with Crippen molar-refractivity contribution in [1.29, 1.82) is 0 Å². The van der Waals surface area contributed by atoms with Crippen molar-refractivity contribution in [2.75, 3.05) is 0 Å². The summed E-state index contributed by atoms with van der Waals surface area (Å²) in [7, 11) is -7.08. The van der Waals surface area contributed by atoms with Crippen molar-refractivity contribution >= 4 is 40.3 Å². The van der Waals surface area contributed by atoms with Crippen LogP contribution in [-0.2, 0) is 39.3 Å². The molecule has 0 fully saturated rings. The average molecular weight is 561 g/mol. The van der Waals surface area contributed by atoms with Crippen molar-refractivity contribution < 1.29 is 25.7 Å². The number of hydrogen-bond acceptors (Lipinski definition) is 0. The van der Waals surface area contributed by atoms with Crippen LogP contribution in [0.15, 0.2) is 72.8 Å². The van der Waals surface area contributed by atoms with E-state index in [0.29, 0.717) is 36.2 Å². The van der Waals surface area contributed by atoms with E-state index in [1.165, 1.54) is 0 Å². The Bertz CT molecular complexity index is 1920. The topological polar surface area (TPSA) is 26.4 Å². The molecule has 0 unspecified atom stereocenters. The van der Waals surface area contributed by atoms with Crippen LogP contribution in [0.25, 0.3) is 33.1 Å². The second kappa shape index (κ2) is 6.45. The minimum absolute atomic E-state index is 0.283. The third-order valence-corrected chi connectivity index (χ3v) is 16.3. The molecule has 40 heavy (non-hydrogen) atoms. The molecule has 0 spiro atoms. The molecular formula is C30H33F2N7P+3. The summed E-state index contributed by atoms with van der Waals surface area (Å²) >= 11 is 0. The number of para-hydroxylation sites is 6. The number of rotatable bonds is 3. The van der Waals surface area contributed by atoms with Gasteiger partial charge in [0.05, 0.1) is 0 Å². The van der Waals surface area contributed by atoms with E-state index in [9.17, 15) is 0 Å². The second-order valence-corrected chi connectivity index (χ2v) is 16.1. The number of nitrogens with zero attached hydrogens (tertiary/aromatic N) is 7. The van der Waals surface area contributed by atoms with E-state index >= 15 is 8.39 Å². The molecule has 204 valence electrons. The molecule has 10 heteroatoms. The van der Waals surface area contributed by atoms with Gasteiger partial charge in [-0.15, -0.1) is 0 Å². The number of imidazole rings is 3. The number of fused-ring (bicyclic) bond motifs is 9. The number of benzene rings is 3. The maximum absolute atomic E-state index is 20.7. The van der Waals surface area contributed by atoms with Gasteiger partial charge >= 0.3 is 230 Å². The van der Waals surface area contributed by atoms with Gasteiger partial charge in [-0.1, -0.05) is 0 Å². The summed E-state index contributed by atoms with van der Waals surface area (Å²) in [5, 5.41) is 0. The van der Waals surface area contributed by atoms with Gasteiger partial charge < -0.3 is 0 Å². The van der Waals surface area contributed by atoms with Crippen LogP contribution in [0, 0.1) is 0 Å². The molecule has 0 saturated heterocycles. The van der Waals surface area contributed by atoms with Crippen molar-refractivity contribution in [3.63, 3.8) is 0 Å². The summed E-state index contributed by atoms with van der Waals surface area (Å²) in [4.78, 5) is 0. The van der Waals surface area contributed by atoms with Crippen LogP contribution in [0.1, 0.15) is 38.2 Å². The molecule has 3 aromatic carbocycles. The Morgan fingerprint density at radius 2 is 0.875 bits per heavy atom. The third-order valence-electron chi connectivity index (χ3n) is 10.3. The van der Waals surface area contributed by atoms with Crippen molar-refractivity contribution in [3.8, 4) is 0 Å². The van der Waals surface area contributed by atoms with Crippen LogP contribution >= 0.6 is 7.17 Å². The summed E-state index contributed by atoms with van der Waals surface area (Å²) in [5.74, 6) is 2.17. The first-order valence-corrected chi connectivity index (χ1v) is 16.7. The second-order valence-electron chi connectivity index (χ2n) is 11.7. The zero-order valence-electron chi connectivity index (χ0n) is 23.0. The van der Waals surface area contributed by atoms with E-state index in [-0.39, 0.29) is 23.9 Å². The molecule has 0 atom stereocenters. The predicted octanol–water partition coefficient (Wildman–Crippen LogP) is 5.29. The van der Waals surface area contributed by atoms with Crippen molar-refractivity contribution in [3.05, 3.63) is 90.3 Å². The number of aromatic nitrogens is 6. The SMILES string of the molecule is CCn1c2[n+](c3ccccc31)[P-]13(F)(F)[n+]4c(n(CC)c5ccccc54)C[N+]1(C2)Cc1n(CC)c2ccccc2[n+]13. The number of aryl methyl sites for hydroxylation is 3. The van der Waals surface area contributed by atoms with Crippen LogP contribution in [-0.4, -0.2) is 18.0 Å². The molecule has 0 bridgehead atoms. The molecule has 0 N–H and O–H groups in total. The fraction of sp³-hybridized carbons (Fsp3) is 0.300. The van der Waals surface area contributed by atoms with E-state index < -0.39 is 7.17 Å². The normalized spacial score (nSPS) is 24.2. The van der Waals surface area contributed by atoms with Crippen LogP contribution in [0.4, 0.5) is 8.39 Å². The van der Waals surface area contributed by atoms with E-state index in [4.69, 9.17) is 0 Å². The van der Waals surface area contributed by atoms with E-state index in [1.807, 2.05) is 72.8 Å². The zero-order chi connectivity index (χ0) is 27.3. The monoisotopic (exact) mass is 560 g/mol. The Labute approximate surface area is 229 Å². The summed E-state index contributed by atoms with van der Waals surface area (Å²) in [5.41, 5.74) is 4.45. The van der Waals surface area contributed by atoms with Gasteiger partial charge in [-0.3, -0.25) is 0 Å². The maximum atomic E-state index is 20.7. The average Bonchev–Trinajstić information content (AvgIpc) is 3.68. The summed E-state index contributed by atoms with van der Waals surface area (Å²) in [6.45, 7) is 8.98. The van der Waals surface area contributed by atoms with Crippen LogP contribution in [0.2, 0.25) is 0 Å². The van der Waals surface area contributed by atoms with Crippen LogP contribution < -0.4 is 13.0 Å². The van der Waals surface area contributed by atoms with Gasteiger partial charge in [-0.2, -0.15) is 0 Å². The van der Waals surface area contributed by atoms with Crippen LogP contribution in [0.5, 0.6) is 0 Å². The van der Waals surface area contributed by atoms with Crippen molar-refractivity contribution in [1.82, 2.24) is 13.7 Å². The van der Waals surface area contributed by atoms with E-state index in [0.717, 1.165) is 34.0 Å². The Balaban J connectivity index is 1.65. The molecule has 0 amide bonds. The van der Waals surface area contributed by atoms with Crippen molar-refractivity contribution in [2.45, 2.75) is 60.0 Å². The van der Waals surface area contributed by atoms with Gasteiger partial charge in [-0.05, 0) is 0 Å². The Hall–Kier alpha value is -3.68. The fourth-order valence-corrected chi connectivity index (χ4v) is 15.7. The van der Waals surface area contributed by atoms with E-state index in [1.54, 1.807) is 13.0 Å². The number of halogens is 2. The molecular weight excluding hydrogens is 527 g/mol. The van der Waals surface area contributed by atoms with E-state index in [2.05, 4.69) is 34.5 Å². The van der Waals surface area contributed by atoms with Gasteiger partial charge in [0.2, 0.25) is 0 Å². The van der Waals surface area contributed by atoms with Gasteiger partial charge in [0.15, 0.2) is 0 Å². The molecule has 3 aliphatic heterocycles. The first-order valence-electron chi connectivity index (χ1n) is 14.4. The first-order chi connectivity index (χ1) is 19.3. The number of hydrogen-bond donors (Lipinski definition) is 0. The molecule has 6 heterocycles. The molecule has 7 nitrogen and oxygen atoms in total. The summed E-state index contributed by atoms with van der Waals surface area (Å²) in [6.07, 6.45) is 0. The molecule has 3 aliphatic rings. The zero-order valence-corrected chi connectivity index (χ0v) is 23.9.